The van der Waals surface area contributed by atoms with Crippen molar-refractivity contribution in [3.8, 4) is 0 Å². The molecule has 0 aliphatic rings. The molecule has 0 spiro atoms. The molecule has 0 amide bonds. The van der Waals surface area contributed by atoms with Gasteiger partial charge in [-0.25, -0.2) is 0 Å². The van der Waals surface area contributed by atoms with Gasteiger partial charge in [-0.1, -0.05) is 77.6 Å². The highest BCUT2D eigenvalue weighted by Gasteiger charge is 1.93. The highest BCUT2D eigenvalue weighted by Crippen LogP contribution is 2.11. The smallest absolute Gasteiger partial charge is 0.0443 e. The maximum Gasteiger partial charge on any atom is 0.0443 e. The van der Waals surface area contributed by atoms with Crippen molar-refractivity contribution in [3.05, 3.63) is 0 Å². The molecule has 3 heteroatoms. The number of nitrogens with one attached hydrogen (secondary N) is 1. The average Bonchev–Trinajstić information content (AvgIpc) is 2.43. The third-order valence-electron chi connectivity index (χ3n) is 3.72. The Morgan fingerprint density at radius 3 is 1.45 bits per heavy atom. The van der Waals surface area contributed by atoms with Gasteiger partial charge < -0.3 is 10.4 Å². The SMILES string of the molecule is CCCCCCCCCCCCCCNCCCO.Cl. The van der Waals surface area contributed by atoms with E-state index in [1.165, 1.54) is 77.0 Å². The summed E-state index contributed by atoms with van der Waals surface area (Å²) < 4.78 is 0. The minimum absolute atomic E-state index is 0. The van der Waals surface area contributed by atoms with Gasteiger partial charge in [0.15, 0.2) is 0 Å². The van der Waals surface area contributed by atoms with Crippen LogP contribution in [0.2, 0.25) is 0 Å². The van der Waals surface area contributed by atoms with Gasteiger partial charge in [-0.05, 0) is 25.9 Å². The number of hydrogen-bond acceptors (Lipinski definition) is 2. The molecule has 0 rings (SSSR count). The Kier molecular flexibility index (Phi) is 24.2. The molecule has 0 aromatic rings. The summed E-state index contributed by atoms with van der Waals surface area (Å²) >= 11 is 0. The fourth-order valence-corrected chi connectivity index (χ4v) is 2.42. The first-order valence-corrected chi connectivity index (χ1v) is 8.73. The van der Waals surface area contributed by atoms with Crippen LogP contribution < -0.4 is 5.32 Å². The second kappa shape index (κ2) is 21.5. The fraction of sp³-hybridized carbons (Fsp3) is 1.00. The number of unbranched alkanes of at least 4 members (excludes halogenated alkanes) is 11. The summed E-state index contributed by atoms with van der Waals surface area (Å²) in [6, 6.07) is 0. The molecule has 0 bridgehead atoms. The third-order valence-corrected chi connectivity index (χ3v) is 3.72. The molecule has 0 unspecified atom stereocenters. The Bertz CT molecular complexity index is 140. The van der Waals surface area contributed by atoms with Gasteiger partial charge in [0, 0.05) is 6.61 Å². The molecule has 0 heterocycles. The molecule has 124 valence electrons. The van der Waals surface area contributed by atoms with Gasteiger partial charge in [0.05, 0.1) is 0 Å². The zero-order valence-corrected chi connectivity index (χ0v) is 14.5. The third kappa shape index (κ3) is 20.5. The first-order valence-electron chi connectivity index (χ1n) is 8.73. The molecular weight excluding hydrogens is 270 g/mol. The average molecular weight is 308 g/mol. The van der Waals surface area contributed by atoms with Crippen LogP contribution in [0, 0.1) is 0 Å². The van der Waals surface area contributed by atoms with Gasteiger partial charge in [0.25, 0.3) is 0 Å². The lowest BCUT2D eigenvalue weighted by molar-refractivity contribution is 0.286. The normalized spacial score (nSPS) is 10.5. The van der Waals surface area contributed by atoms with Crippen LogP contribution in [0.4, 0.5) is 0 Å². The van der Waals surface area contributed by atoms with Crippen molar-refractivity contribution in [2.24, 2.45) is 0 Å². The van der Waals surface area contributed by atoms with Crippen molar-refractivity contribution < 1.29 is 5.11 Å². The molecule has 20 heavy (non-hydrogen) atoms. The lowest BCUT2D eigenvalue weighted by Gasteiger charge is -2.04. The van der Waals surface area contributed by atoms with E-state index in [0.29, 0.717) is 6.61 Å². The summed E-state index contributed by atoms with van der Waals surface area (Å²) in [5.74, 6) is 0. The van der Waals surface area contributed by atoms with Crippen molar-refractivity contribution in [2.75, 3.05) is 19.7 Å². The van der Waals surface area contributed by atoms with Gasteiger partial charge in [0.2, 0.25) is 0 Å². The standard InChI is InChI=1S/C17H37NO.ClH/c1-2-3-4-5-6-7-8-9-10-11-12-13-15-18-16-14-17-19;/h18-19H,2-17H2,1H3;1H. The summed E-state index contributed by atoms with van der Waals surface area (Å²) in [6.45, 7) is 4.68. The zero-order valence-electron chi connectivity index (χ0n) is 13.7. The Morgan fingerprint density at radius 1 is 0.600 bits per heavy atom. The van der Waals surface area contributed by atoms with Gasteiger partial charge in [-0.2, -0.15) is 0 Å². The van der Waals surface area contributed by atoms with Crippen LogP contribution in [0.5, 0.6) is 0 Å². The van der Waals surface area contributed by atoms with Crippen LogP contribution in [0.25, 0.3) is 0 Å². The Morgan fingerprint density at radius 2 is 1.00 bits per heavy atom. The van der Waals surface area contributed by atoms with Crippen molar-refractivity contribution in [1.82, 2.24) is 5.32 Å². The summed E-state index contributed by atoms with van der Waals surface area (Å²) in [5, 5.41) is 12.0. The lowest BCUT2D eigenvalue weighted by atomic mass is 10.1. The van der Waals surface area contributed by atoms with E-state index in [-0.39, 0.29) is 12.4 Å². The lowest BCUT2D eigenvalue weighted by Crippen LogP contribution is -2.17. The number of aliphatic hydroxyl groups is 1. The molecule has 0 atom stereocenters. The number of hydrogen-bond donors (Lipinski definition) is 2. The summed E-state index contributed by atoms with van der Waals surface area (Å²) in [4.78, 5) is 0. The van der Waals surface area contributed by atoms with E-state index in [4.69, 9.17) is 5.11 Å². The molecule has 0 saturated carbocycles. The molecule has 0 aliphatic heterocycles. The van der Waals surface area contributed by atoms with Gasteiger partial charge in [0.1, 0.15) is 0 Å². The van der Waals surface area contributed by atoms with E-state index in [1.807, 2.05) is 0 Å². The molecule has 0 aromatic carbocycles. The second-order valence-electron chi connectivity index (χ2n) is 5.72. The van der Waals surface area contributed by atoms with Gasteiger partial charge in [-0.15, -0.1) is 12.4 Å². The molecule has 0 radical (unpaired) electrons. The summed E-state index contributed by atoms with van der Waals surface area (Å²) in [6.07, 6.45) is 17.8. The number of halogens is 1. The maximum absolute atomic E-state index is 8.63. The Balaban J connectivity index is 0. The van der Waals surface area contributed by atoms with Gasteiger partial charge >= 0.3 is 0 Å². The predicted octanol–water partition coefficient (Wildman–Crippen LogP) is 5.08. The van der Waals surface area contributed by atoms with E-state index >= 15 is 0 Å². The van der Waals surface area contributed by atoms with Crippen molar-refractivity contribution in [1.29, 1.82) is 0 Å². The topological polar surface area (TPSA) is 32.3 Å². The minimum atomic E-state index is 0. The highest BCUT2D eigenvalue weighted by atomic mass is 35.5. The monoisotopic (exact) mass is 307 g/mol. The number of rotatable bonds is 16. The molecule has 0 fully saturated rings. The van der Waals surface area contributed by atoms with E-state index in [1.54, 1.807) is 0 Å². The fourth-order valence-electron chi connectivity index (χ4n) is 2.42. The predicted molar refractivity (Wildman–Crippen MR) is 92.9 cm³/mol. The van der Waals surface area contributed by atoms with E-state index in [2.05, 4.69) is 12.2 Å². The summed E-state index contributed by atoms with van der Waals surface area (Å²) in [5.41, 5.74) is 0. The Hall–Kier alpha value is 0.210. The maximum atomic E-state index is 8.63. The summed E-state index contributed by atoms with van der Waals surface area (Å²) in [7, 11) is 0. The number of aliphatic hydroxyl groups excluding tert-OH is 1. The first kappa shape index (κ1) is 22.5. The van der Waals surface area contributed by atoms with Crippen molar-refractivity contribution in [2.45, 2.75) is 90.4 Å². The highest BCUT2D eigenvalue weighted by molar-refractivity contribution is 5.85. The van der Waals surface area contributed by atoms with E-state index in [0.717, 1.165) is 19.5 Å². The van der Waals surface area contributed by atoms with Crippen LogP contribution >= 0.6 is 12.4 Å². The molecule has 2 nitrogen and oxygen atoms in total. The minimum Gasteiger partial charge on any atom is -0.396 e. The molecule has 0 saturated heterocycles. The van der Waals surface area contributed by atoms with Crippen LogP contribution in [0.15, 0.2) is 0 Å². The van der Waals surface area contributed by atoms with Crippen LogP contribution in [0.3, 0.4) is 0 Å². The molecule has 0 aromatic heterocycles. The van der Waals surface area contributed by atoms with Gasteiger partial charge in [-0.3, -0.25) is 0 Å². The van der Waals surface area contributed by atoms with Crippen LogP contribution in [-0.4, -0.2) is 24.8 Å². The molecule has 0 aliphatic carbocycles. The molecular formula is C17H38ClNO. The van der Waals surface area contributed by atoms with Crippen molar-refractivity contribution >= 4 is 12.4 Å². The first-order chi connectivity index (χ1) is 9.41. The van der Waals surface area contributed by atoms with Crippen molar-refractivity contribution in [3.63, 3.8) is 0 Å². The largest absolute Gasteiger partial charge is 0.396 e. The molecule has 2 N–H and O–H groups in total. The van der Waals surface area contributed by atoms with Crippen LogP contribution in [-0.2, 0) is 0 Å². The second-order valence-corrected chi connectivity index (χ2v) is 5.72. The van der Waals surface area contributed by atoms with Crippen LogP contribution in [0.1, 0.15) is 90.4 Å². The Labute approximate surface area is 133 Å². The van der Waals surface area contributed by atoms with E-state index in [9.17, 15) is 0 Å². The van der Waals surface area contributed by atoms with E-state index < -0.39 is 0 Å². The quantitative estimate of drug-likeness (QED) is 0.390. The zero-order chi connectivity index (χ0) is 14.0.